The number of fused-ring (bicyclic) bond motifs is 1. The summed E-state index contributed by atoms with van der Waals surface area (Å²) < 4.78 is 6.86. The van der Waals surface area contributed by atoms with E-state index in [0.29, 0.717) is 24.8 Å². The van der Waals surface area contributed by atoms with Gasteiger partial charge in [-0.05, 0) is 25.5 Å². The van der Waals surface area contributed by atoms with Crippen LogP contribution >= 0.6 is 11.6 Å². The number of carbonyl (C=O) groups is 1. The van der Waals surface area contributed by atoms with Crippen molar-refractivity contribution in [3.63, 3.8) is 0 Å². The number of hydrogen-bond donors (Lipinski definition) is 1. The van der Waals surface area contributed by atoms with E-state index >= 15 is 0 Å². The van der Waals surface area contributed by atoms with Crippen LogP contribution in [-0.2, 0) is 16.1 Å². The van der Waals surface area contributed by atoms with Crippen molar-refractivity contribution in [2.24, 2.45) is 0 Å². The number of benzene rings is 1. The molecule has 0 bridgehead atoms. The molecule has 5 nitrogen and oxygen atoms in total. The number of aromatic nitrogens is 2. The van der Waals surface area contributed by atoms with E-state index < -0.39 is 0 Å². The van der Waals surface area contributed by atoms with Crippen LogP contribution in [0.5, 0.6) is 0 Å². The van der Waals surface area contributed by atoms with Crippen LogP contribution in [0.1, 0.15) is 13.3 Å². The maximum absolute atomic E-state index is 11.8. The molecule has 1 amide bonds. The van der Waals surface area contributed by atoms with Gasteiger partial charge in [-0.2, -0.15) is 5.10 Å². The summed E-state index contributed by atoms with van der Waals surface area (Å²) in [6.45, 7) is 4.12. The first-order valence-corrected chi connectivity index (χ1v) is 7.04. The highest BCUT2D eigenvalue weighted by Crippen LogP contribution is 2.22. The van der Waals surface area contributed by atoms with Gasteiger partial charge in [0.05, 0.1) is 16.7 Å². The fraction of sp³-hybridized carbons (Fsp3) is 0.429. The van der Waals surface area contributed by atoms with E-state index in [0.717, 1.165) is 17.3 Å². The Bertz CT molecular complexity index is 583. The first-order valence-electron chi connectivity index (χ1n) is 6.67. The van der Waals surface area contributed by atoms with Crippen molar-refractivity contribution in [1.82, 2.24) is 15.1 Å². The molecule has 0 saturated heterocycles. The smallest absolute Gasteiger partial charge is 0.241 e. The molecule has 108 valence electrons. The molecule has 0 atom stereocenters. The van der Waals surface area contributed by atoms with Crippen LogP contribution in [0.25, 0.3) is 10.9 Å². The zero-order valence-electron chi connectivity index (χ0n) is 11.4. The van der Waals surface area contributed by atoms with Gasteiger partial charge in [0, 0.05) is 25.1 Å². The molecule has 1 aromatic heterocycles. The van der Waals surface area contributed by atoms with Gasteiger partial charge < -0.3 is 10.1 Å². The molecule has 0 saturated carbocycles. The van der Waals surface area contributed by atoms with Gasteiger partial charge in [0.1, 0.15) is 6.54 Å². The Morgan fingerprint density at radius 3 is 3.15 bits per heavy atom. The van der Waals surface area contributed by atoms with Crippen LogP contribution < -0.4 is 5.32 Å². The number of rotatable bonds is 7. The molecule has 6 heteroatoms. The van der Waals surface area contributed by atoms with E-state index in [2.05, 4.69) is 10.4 Å². The van der Waals surface area contributed by atoms with Crippen molar-refractivity contribution in [2.45, 2.75) is 19.9 Å². The summed E-state index contributed by atoms with van der Waals surface area (Å²) in [6, 6.07) is 5.56. The summed E-state index contributed by atoms with van der Waals surface area (Å²) in [4.78, 5) is 11.8. The van der Waals surface area contributed by atoms with Crippen molar-refractivity contribution in [1.29, 1.82) is 0 Å². The standard InChI is InChI=1S/C14H18ClN3O2/c1-2-20-8-4-7-16-14(19)10-18-13-6-3-5-12(15)11(13)9-17-18/h3,5-6,9H,2,4,7-8,10H2,1H3,(H,16,19). The quantitative estimate of drug-likeness (QED) is 0.797. The lowest BCUT2D eigenvalue weighted by Gasteiger charge is -2.06. The topological polar surface area (TPSA) is 56.1 Å². The van der Waals surface area contributed by atoms with Crippen LogP contribution in [0, 0.1) is 0 Å². The van der Waals surface area contributed by atoms with E-state index in [9.17, 15) is 4.79 Å². The molecular weight excluding hydrogens is 278 g/mol. The molecule has 0 aliphatic heterocycles. The average Bonchev–Trinajstić information content (AvgIpc) is 2.83. The summed E-state index contributed by atoms with van der Waals surface area (Å²) in [5.41, 5.74) is 0.863. The Morgan fingerprint density at radius 1 is 1.50 bits per heavy atom. The lowest BCUT2D eigenvalue weighted by molar-refractivity contribution is -0.121. The first kappa shape index (κ1) is 14.8. The van der Waals surface area contributed by atoms with Crippen LogP contribution in [0.15, 0.2) is 24.4 Å². The summed E-state index contributed by atoms with van der Waals surface area (Å²) >= 11 is 6.07. The van der Waals surface area contributed by atoms with Crippen LogP contribution in [-0.4, -0.2) is 35.4 Å². The fourth-order valence-electron chi connectivity index (χ4n) is 1.93. The van der Waals surface area contributed by atoms with E-state index in [4.69, 9.17) is 16.3 Å². The maximum atomic E-state index is 11.8. The Morgan fingerprint density at radius 2 is 2.35 bits per heavy atom. The number of hydrogen-bond acceptors (Lipinski definition) is 3. The maximum Gasteiger partial charge on any atom is 0.241 e. The Balaban J connectivity index is 1.88. The van der Waals surface area contributed by atoms with Crippen molar-refractivity contribution < 1.29 is 9.53 Å². The summed E-state index contributed by atoms with van der Waals surface area (Å²) in [5, 5.41) is 8.55. The number of ether oxygens (including phenoxy) is 1. The van der Waals surface area contributed by atoms with Gasteiger partial charge in [-0.3, -0.25) is 9.48 Å². The summed E-state index contributed by atoms with van der Waals surface area (Å²) in [7, 11) is 0. The first-order chi connectivity index (χ1) is 9.72. The SMILES string of the molecule is CCOCCCNC(=O)Cn1ncc2c(Cl)cccc21. The van der Waals surface area contributed by atoms with Crippen molar-refractivity contribution in [2.75, 3.05) is 19.8 Å². The molecule has 0 radical (unpaired) electrons. The molecule has 1 N–H and O–H groups in total. The fourth-order valence-corrected chi connectivity index (χ4v) is 2.15. The van der Waals surface area contributed by atoms with Gasteiger partial charge >= 0.3 is 0 Å². The van der Waals surface area contributed by atoms with Crippen molar-refractivity contribution >= 4 is 28.4 Å². The second-order valence-corrected chi connectivity index (χ2v) is 4.78. The Labute approximate surface area is 122 Å². The van der Waals surface area contributed by atoms with Gasteiger partial charge in [0.15, 0.2) is 0 Å². The molecule has 2 aromatic rings. The minimum atomic E-state index is -0.0635. The molecule has 0 fully saturated rings. The largest absolute Gasteiger partial charge is 0.382 e. The predicted octanol–water partition coefficient (Wildman–Crippen LogP) is 2.23. The highest BCUT2D eigenvalue weighted by atomic mass is 35.5. The zero-order valence-corrected chi connectivity index (χ0v) is 12.2. The van der Waals surface area contributed by atoms with E-state index in [1.807, 2.05) is 25.1 Å². The normalized spacial score (nSPS) is 10.9. The van der Waals surface area contributed by atoms with Crippen LogP contribution in [0.2, 0.25) is 5.02 Å². The third kappa shape index (κ3) is 3.71. The summed E-state index contributed by atoms with van der Waals surface area (Å²) in [6.07, 6.45) is 2.49. The molecule has 20 heavy (non-hydrogen) atoms. The predicted molar refractivity (Wildman–Crippen MR) is 78.9 cm³/mol. The van der Waals surface area contributed by atoms with Crippen LogP contribution in [0.4, 0.5) is 0 Å². The monoisotopic (exact) mass is 295 g/mol. The van der Waals surface area contributed by atoms with Gasteiger partial charge in [0.2, 0.25) is 5.91 Å². The molecule has 0 unspecified atom stereocenters. The lowest BCUT2D eigenvalue weighted by Crippen LogP contribution is -2.29. The Hall–Kier alpha value is -1.59. The zero-order chi connectivity index (χ0) is 14.4. The third-order valence-corrected chi connectivity index (χ3v) is 3.25. The molecule has 0 aliphatic carbocycles. The highest BCUT2D eigenvalue weighted by molar-refractivity contribution is 6.35. The van der Waals surface area contributed by atoms with Gasteiger partial charge in [0.25, 0.3) is 0 Å². The third-order valence-electron chi connectivity index (χ3n) is 2.92. The molecule has 1 heterocycles. The molecular formula is C14H18ClN3O2. The van der Waals surface area contributed by atoms with Crippen molar-refractivity contribution in [3.8, 4) is 0 Å². The van der Waals surface area contributed by atoms with Gasteiger partial charge in [-0.15, -0.1) is 0 Å². The highest BCUT2D eigenvalue weighted by Gasteiger charge is 2.08. The number of carbonyl (C=O) groups excluding carboxylic acids is 1. The molecule has 2 rings (SSSR count). The second kappa shape index (κ2) is 7.26. The average molecular weight is 296 g/mol. The van der Waals surface area contributed by atoms with Gasteiger partial charge in [-0.1, -0.05) is 17.7 Å². The van der Waals surface area contributed by atoms with Crippen molar-refractivity contribution in [3.05, 3.63) is 29.4 Å². The number of halogens is 1. The molecule has 0 aliphatic rings. The number of amides is 1. The van der Waals surface area contributed by atoms with Gasteiger partial charge in [-0.25, -0.2) is 0 Å². The number of nitrogens with one attached hydrogen (secondary N) is 1. The van der Waals surface area contributed by atoms with E-state index in [1.54, 1.807) is 10.9 Å². The Kier molecular flexibility index (Phi) is 5.38. The summed E-state index contributed by atoms with van der Waals surface area (Å²) in [5.74, 6) is -0.0635. The minimum Gasteiger partial charge on any atom is -0.382 e. The molecule has 0 spiro atoms. The van der Waals surface area contributed by atoms with E-state index in [1.165, 1.54) is 0 Å². The minimum absolute atomic E-state index is 0.0635. The lowest BCUT2D eigenvalue weighted by atomic mass is 10.2. The molecule has 1 aromatic carbocycles. The second-order valence-electron chi connectivity index (χ2n) is 4.38. The number of nitrogens with zero attached hydrogens (tertiary/aromatic N) is 2. The van der Waals surface area contributed by atoms with Crippen LogP contribution in [0.3, 0.4) is 0 Å². The van der Waals surface area contributed by atoms with E-state index in [-0.39, 0.29) is 12.5 Å².